The van der Waals surface area contributed by atoms with Crippen LogP contribution in [0, 0.1) is 0 Å². The number of hydrogen-bond donors (Lipinski definition) is 1. The molecule has 0 saturated heterocycles. The first-order valence-corrected chi connectivity index (χ1v) is 10.5. The van der Waals surface area contributed by atoms with Gasteiger partial charge in [0.2, 0.25) is 11.2 Å². The van der Waals surface area contributed by atoms with Crippen LogP contribution in [0.4, 0.5) is 0 Å². The van der Waals surface area contributed by atoms with E-state index in [-0.39, 0.29) is 11.5 Å². The zero-order chi connectivity index (χ0) is 19.4. The van der Waals surface area contributed by atoms with Crippen molar-refractivity contribution in [1.82, 2.24) is 0 Å². The van der Waals surface area contributed by atoms with Gasteiger partial charge in [-0.25, -0.2) is 8.42 Å². The molecule has 3 aromatic rings. The molecule has 27 heavy (non-hydrogen) atoms. The van der Waals surface area contributed by atoms with Crippen LogP contribution >= 0.6 is 0 Å². The fourth-order valence-corrected chi connectivity index (χ4v) is 4.06. The van der Waals surface area contributed by atoms with Crippen molar-refractivity contribution in [3.63, 3.8) is 0 Å². The molecule has 1 aromatic heterocycles. The van der Waals surface area contributed by atoms with Gasteiger partial charge in [-0.15, -0.1) is 0 Å². The van der Waals surface area contributed by atoms with Crippen LogP contribution in [0.5, 0.6) is 5.75 Å². The highest BCUT2D eigenvalue weighted by atomic mass is 32.2. The highest BCUT2D eigenvalue weighted by Crippen LogP contribution is 2.28. The lowest BCUT2D eigenvalue weighted by molar-refractivity contribution is 0.381. The van der Waals surface area contributed by atoms with Gasteiger partial charge >= 0.3 is 0 Å². The molecule has 0 aliphatic carbocycles. The molecule has 1 heterocycles. The second kappa shape index (κ2) is 7.80. The zero-order valence-electron chi connectivity index (χ0n) is 14.8. The predicted octanol–water partition coefficient (Wildman–Crippen LogP) is 3.38. The lowest BCUT2D eigenvalue weighted by Crippen LogP contribution is -2.17. The van der Waals surface area contributed by atoms with Crippen molar-refractivity contribution in [3.8, 4) is 16.9 Å². The van der Waals surface area contributed by atoms with Crippen molar-refractivity contribution in [1.29, 1.82) is 0 Å². The topological polar surface area (TPSA) is 84.6 Å². The molecule has 0 aliphatic heterocycles. The summed E-state index contributed by atoms with van der Waals surface area (Å²) in [6.45, 7) is 0. The highest BCUT2D eigenvalue weighted by molar-refractivity contribution is 7.90. The smallest absolute Gasteiger partial charge is 0.226 e. The SMILES string of the molecule is CS(=O)(=O)CC(Cc1ccc(-c2ccccc2)cc1)c1occc(=O)c1O. The first-order chi connectivity index (χ1) is 12.8. The van der Waals surface area contributed by atoms with Gasteiger partial charge in [0.15, 0.2) is 5.76 Å². The lowest BCUT2D eigenvalue weighted by Gasteiger charge is -2.16. The van der Waals surface area contributed by atoms with Gasteiger partial charge in [0, 0.05) is 18.2 Å². The Morgan fingerprint density at radius 3 is 2.22 bits per heavy atom. The Balaban J connectivity index is 1.90. The molecule has 1 atom stereocenters. The minimum absolute atomic E-state index is 0.0000564. The first-order valence-electron chi connectivity index (χ1n) is 8.46. The summed E-state index contributed by atoms with van der Waals surface area (Å²) < 4.78 is 29.0. The fraction of sp³-hybridized carbons (Fsp3) is 0.190. The average molecular weight is 384 g/mol. The minimum atomic E-state index is -3.35. The van der Waals surface area contributed by atoms with Gasteiger partial charge < -0.3 is 9.52 Å². The molecule has 140 valence electrons. The Morgan fingerprint density at radius 1 is 0.963 bits per heavy atom. The van der Waals surface area contributed by atoms with Crippen molar-refractivity contribution < 1.29 is 17.9 Å². The van der Waals surface area contributed by atoms with Crippen LogP contribution in [0.2, 0.25) is 0 Å². The summed E-state index contributed by atoms with van der Waals surface area (Å²) in [7, 11) is -3.35. The lowest BCUT2D eigenvalue weighted by atomic mass is 9.96. The molecule has 1 N–H and O–H groups in total. The number of aromatic hydroxyl groups is 1. The zero-order valence-corrected chi connectivity index (χ0v) is 15.6. The maximum Gasteiger partial charge on any atom is 0.226 e. The number of hydrogen-bond acceptors (Lipinski definition) is 5. The van der Waals surface area contributed by atoms with Gasteiger partial charge in [-0.1, -0.05) is 54.6 Å². The van der Waals surface area contributed by atoms with Gasteiger partial charge in [-0.05, 0) is 23.1 Å². The van der Waals surface area contributed by atoms with Gasteiger partial charge in [0.25, 0.3) is 0 Å². The summed E-state index contributed by atoms with van der Waals surface area (Å²) in [4.78, 5) is 11.7. The van der Waals surface area contributed by atoms with Gasteiger partial charge in [-0.2, -0.15) is 0 Å². The van der Waals surface area contributed by atoms with Crippen LogP contribution < -0.4 is 5.43 Å². The highest BCUT2D eigenvalue weighted by Gasteiger charge is 2.24. The largest absolute Gasteiger partial charge is 0.502 e. The summed E-state index contributed by atoms with van der Waals surface area (Å²) in [6.07, 6.45) is 2.62. The summed E-state index contributed by atoms with van der Waals surface area (Å²) in [5.41, 5.74) is 2.43. The van der Waals surface area contributed by atoms with Gasteiger partial charge in [0.05, 0.1) is 12.0 Å². The number of rotatable bonds is 6. The molecule has 0 fully saturated rings. The van der Waals surface area contributed by atoms with E-state index in [4.69, 9.17) is 4.42 Å². The van der Waals surface area contributed by atoms with E-state index in [2.05, 4.69) is 0 Å². The normalized spacial score (nSPS) is 12.6. The Hall–Kier alpha value is -2.86. The molecule has 0 aliphatic rings. The molecule has 5 nitrogen and oxygen atoms in total. The standard InChI is InChI=1S/C21H20O5S/c1-27(24,25)14-18(21-20(23)19(22)11-12-26-21)13-15-7-9-17(10-8-15)16-5-3-2-4-6-16/h2-12,18,23H,13-14H2,1H3. The fourth-order valence-electron chi connectivity index (χ4n) is 3.06. The predicted molar refractivity (Wildman–Crippen MR) is 105 cm³/mol. The average Bonchev–Trinajstić information content (AvgIpc) is 2.64. The van der Waals surface area contributed by atoms with E-state index >= 15 is 0 Å². The Labute approximate surface area is 157 Å². The molecular formula is C21H20O5S. The van der Waals surface area contributed by atoms with Crippen LogP contribution in [0.3, 0.4) is 0 Å². The Morgan fingerprint density at radius 2 is 1.59 bits per heavy atom. The van der Waals surface area contributed by atoms with E-state index in [0.29, 0.717) is 6.42 Å². The van der Waals surface area contributed by atoms with E-state index < -0.39 is 26.9 Å². The van der Waals surface area contributed by atoms with Crippen molar-refractivity contribution in [3.05, 3.63) is 88.5 Å². The minimum Gasteiger partial charge on any atom is -0.502 e. The maximum atomic E-state index is 11.8. The molecule has 0 saturated carbocycles. The van der Waals surface area contributed by atoms with Crippen LogP contribution in [-0.4, -0.2) is 25.5 Å². The molecule has 1 unspecified atom stereocenters. The van der Waals surface area contributed by atoms with Crippen LogP contribution in [-0.2, 0) is 16.3 Å². The van der Waals surface area contributed by atoms with Crippen molar-refractivity contribution in [2.75, 3.05) is 12.0 Å². The van der Waals surface area contributed by atoms with E-state index in [1.165, 1.54) is 6.26 Å². The molecule has 0 amide bonds. The Kier molecular flexibility index (Phi) is 5.46. The third kappa shape index (κ3) is 4.86. The van der Waals surface area contributed by atoms with Crippen LogP contribution in [0.1, 0.15) is 17.2 Å². The second-order valence-electron chi connectivity index (χ2n) is 6.55. The molecular weight excluding hydrogens is 364 g/mol. The molecule has 3 rings (SSSR count). The summed E-state index contributed by atoms with van der Waals surface area (Å²) >= 11 is 0. The molecule has 6 heteroatoms. The third-order valence-electron chi connectivity index (χ3n) is 4.30. The number of sulfone groups is 1. The van der Waals surface area contributed by atoms with E-state index in [1.54, 1.807) is 0 Å². The number of benzene rings is 2. The van der Waals surface area contributed by atoms with Gasteiger partial charge in [-0.3, -0.25) is 4.79 Å². The van der Waals surface area contributed by atoms with Crippen molar-refractivity contribution in [2.24, 2.45) is 0 Å². The third-order valence-corrected chi connectivity index (χ3v) is 5.31. The second-order valence-corrected chi connectivity index (χ2v) is 8.74. The summed E-state index contributed by atoms with van der Waals surface area (Å²) in [6, 6.07) is 18.8. The molecule has 0 bridgehead atoms. The molecule has 0 radical (unpaired) electrons. The first kappa shape index (κ1) is 18.9. The van der Waals surface area contributed by atoms with Crippen LogP contribution in [0.25, 0.3) is 11.1 Å². The van der Waals surface area contributed by atoms with Crippen molar-refractivity contribution >= 4 is 9.84 Å². The molecule has 0 spiro atoms. The van der Waals surface area contributed by atoms with E-state index in [0.717, 1.165) is 29.0 Å². The quantitative estimate of drug-likeness (QED) is 0.704. The van der Waals surface area contributed by atoms with Gasteiger partial charge in [0.1, 0.15) is 9.84 Å². The Bertz CT molecular complexity index is 1070. The summed E-state index contributed by atoms with van der Waals surface area (Å²) in [5.74, 6) is -1.42. The van der Waals surface area contributed by atoms with E-state index in [1.807, 2.05) is 54.6 Å². The monoisotopic (exact) mass is 384 g/mol. The summed E-state index contributed by atoms with van der Waals surface area (Å²) in [5, 5.41) is 10.0. The van der Waals surface area contributed by atoms with Crippen LogP contribution in [0.15, 0.2) is 76.1 Å². The van der Waals surface area contributed by atoms with Crippen molar-refractivity contribution in [2.45, 2.75) is 12.3 Å². The van der Waals surface area contributed by atoms with E-state index in [9.17, 15) is 18.3 Å². The maximum absolute atomic E-state index is 11.8. The molecule has 2 aromatic carbocycles.